The molecule has 0 saturated carbocycles. The predicted octanol–water partition coefficient (Wildman–Crippen LogP) is 2.78. The van der Waals surface area contributed by atoms with Crippen molar-refractivity contribution in [1.82, 2.24) is 0 Å². The summed E-state index contributed by atoms with van der Waals surface area (Å²) in [4.78, 5) is 11.0. The van der Waals surface area contributed by atoms with Gasteiger partial charge in [0, 0.05) is 17.8 Å². The van der Waals surface area contributed by atoms with Crippen LogP contribution in [0.3, 0.4) is 0 Å². The Balaban J connectivity index is 2.36. The van der Waals surface area contributed by atoms with E-state index in [4.69, 9.17) is 5.73 Å². The van der Waals surface area contributed by atoms with E-state index in [1.807, 2.05) is 12.1 Å². The molecule has 0 unspecified atom stereocenters. The molecule has 3 heteroatoms. The number of nitrogens with one attached hydrogen (secondary N) is 1. The number of anilines is 1. The summed E-state index contributed by atoms with van der Waals surface area (Å²) < 4.78 is 0. The number of benzene rings is 1. The van der Waals surface area contributed by atoms with E-state index in [0.717, 1.165) is 18.7 Å². The van der Waals surface area contributed by atoms with Crippen molar-refractivity contribution >= 4 is 11.6 Å². The van der Waals surface area contributed by atoms with Gasteiger partial charge in [-0.05, 0) is 24.6 Å². The summed E-state index contributed by atoms with van der Waals surface area (Å²) >= 11 is 0. The van der Waals surface area contributed by atoms with Gasteiger partial charge < -0.3 is 11.1 Å². The zero-order valence-electron chi connectivity index (χ0n) is 9.83. The number of amides is 1. The fourth-order valence-electron chi connectivity index (χ4n) is 1.57. The van der Waals surface area contributed by atoms with Gasteiger partial charge in [0.25, 0.3) is 0 Å². The molecule has 1 aromatic carbocycles. The number of unbranched alkanes of at least 4 members (excludes halogenated alkanes) is 3. The molecule has 0 spiro atoms. The fourth-order valence-corrected chi connectivity index (χ4v) is 1.57. The Bertz CT molecular complexity index is 336. The third-order valence-corrected chi connectivity index (χ3v) is 2.51. The van der Waals surface area contributed by atoms with Gasteiger partial charge in [-0.3, -0.25) is 4.79 Å². The summed E-state index contributed by atoms with van der Waals surface area (Å²) in [6.45, 7) is 3.14. The highest BCUT2D eigenvalue weighted by Crippen LogP contribution is 2.10. The Kier molecular flexibility index (Phi) is 5.40. The van der Waals surface area contributed by atoms with Gasteiger partial charge in [0.15, 0.2) is 0 Å². The monoisotopic (exact) mass is 220 g/mol. The summed E-state index contributed by atoms with van der Waals surface area (Å²) in [5, 5.41) is 3.29. The summed E-state index contributed by atoms with van der Waals surface area (Å²) in [7, 11) is 0. The Morgan fingerprint density at radius 2 is 2.12 bits per heavy atom. The average molecular weight is 220 g/mol. The minimum absolute atomic E-state index is 0.380. The van der Waals surface area contributed by atoms with Gasteiger partial charge in [-0.15, -0.1) is 0 Å². The highest BCUT2D eigenvalue weighted by molar-refractivity contribution is 5.93. The van der Waals surface area contributed by atoms with Crippen molar-refractivity contribution in [2.45, 2.75) is 32.6 Å². The molecule has 1 aromatic rings. The third-order valence-electron chi connectivity index (χ3n) is 2.51. The van der Waals surface area contributed by atoms with E-state index in [1.54, 1.807) is 12.1 Å². The van der Waals surface area contributed by atoms with Gasteiger partial charge in [-0.1, -0.05) is 32.3 Å². The number of rotatable bonds is 7. The van der Waals surface area contributed by atoms with Gasteiger partial charge in [0.05, 0.1) is 0 Å². The van der Waals surface area contributed by atoms with Crippen molar-refractivity contribution < 1.29 is 4.79 Å². The normalized spacial score (nSPS) is 10.1. The van der Waals surface area contributed by atoms with Crippen molar-refractivity contribution in [3.05, 3.63) is 29.8 Å². The maximum Gasteiger partial charge on any atom is 0.248 e. The van der Waals surface area contributed by atoms with Crippen LogP contribution in [0, 0.1) is 0 Å². The van der Waals surface area contributed by atoms with Crippen LogP contribution in [0.25, 0.3) is 0 Å². The fraction of sp³-hybridized carbons (Fsp3) is 0.462. The topological polar surface area (TPSA) is 55.1 Å². The second-order valence-electron chi connectivity index (χ2n) is 3.93. The molecule has 0 aliphatic carbocycles. The van der Waals surface area contributed by atoms with Crippen LogP contribution in [0.5, 0.6) is 0 Å². The maximum absolute atomic E-state index is 11.0. The average Bonchev–Trinajstić information content (AvgIpc) is 2.29. The van der Waals surface area contributed by atoms with Crippen LogP contribution in [-0.4, -0.2) is 12.5 Å². The summed E-state index contributed by atoms with van der Waals surface area (Å²) in [5.41, 5.74) is 6.73. The number of carbonyl (C=O) groups excluding carboxylic acids is 1. The molecule has 3 N–H and O–H groups in total. The molecule has 0 aromatic heterocycles. The van der Waals surface area contributed by atoms with Crippen LogP contribution in [-0.2, 0) is 0 Å². The zero-order valence-corrected chi connectivity index (χ0v) is 9.83. The standard InChI is InChI=1S/C13H20N2O/c1-2-3-4-5-9-15-12-8-6-7-11(10-12)13(14)16/h6-8,10,15H,2-5,9H2,1H3,(H2,14,16). The summed E-state index contributed by atoms with van der Waals surface area (Å²) in [6, 6.07) is 7.31. The molecule has 0 fully saturated rings. The highest BCUT2D eigenvalue weighted by atomic mass is 16.1. The molecule has 0 atom stereocenters. The number of primary amides is 1. The van der Waals surface area contributed by atoms with E-state index in [0.29, 0.717) is 5.56 Å². The van der Waals surface area contributed by atoms with Crippen molar-refractivity contribution in [3.8, 4) is 0 Å². The van der Waals surface area contributed by atoms with Crippen molar-refractivity contribution in [3.63, 3.8) is 0 Å². The Morgan fingerprint density at radius 1 is 1.31 bits per heavy atom. The van der Waals surface area contributed by atoms with Crippen LogP contribution < -0.4 is 11.1 Å². The first-order chi connectivity index (χ1) is 7.74. The second kappa shape index (κ2) is 6.88. The highest BCUT2D eigenvalue weighted by Gasteiger charge is 2.00. The van der Waals surface area contributed by atoms with Crippen molar-refractivity contribution in [2.24, 2.45) is 5.73 Å². The molecule has 88 valence electrons. The number of carbonyl (C=O) groups is 1. The quantitative estimate of drug-likeness (QED) is 0.694. The molecule has 1 rings (SSSR count). The Hall–Kier alpha value is -1.51. The molecule has 0 radical (unpaired) electrons. The van der Waals surface area contributed by atoms with E-state index in [9.17, 15) is 4.79 Å². The molecular formula is C13H20N2O. The second-order valence-corrected chi connectivity index (χ2v) is 3.93. The molecule has 0 saturated heterocycles. The predicted molar refractivity (Wildman–Crippen MR) is 67.6 cm³/mol. The van der Waals surface area contributed by atoms with Gasteiger partial charge in [0.1, 0.15) is 0 Å². The lowest BCUT2D eigenvalue weighted by Gasteiger charge is -2.06. The molecule has 0 aliphatic heterocycles. The van der Waals surface area contributed by atoms with Crippen LogP contribution in [0.15, 0.2) is 24.3 Å². The molecule has 0 heterocycles. The van der Waals surface area contributed by atoms with E-state index >= 15 is 0 Å². The molecule has 0 bridgehead atoms. The maximum atomic E-state index is 11.0. The van der Waals surface area contributed by atoms with Crippen molar-refractivity contribution in [2.75, 3.05) is 11.9 Å². The number of nitrogens with two attached hydrogens (primary N) is 1. The first-order valence-corrected chi connectivity index (χ1v) is 5.87. The first kappa shape index (κ1) is 12.6. The SMILES string of the molecule is CCCCCCNc1cccc(C(N)=O)c1. The smallest absolute Gasteiger partial charge is 0.248 e. The van der Waals surface area contributed by atoms with Gasteiger partial charge in [-0.25, -0.2) is 0 Å². The van der Waals surface area contributed by atoms with E-state index in [1.165, 1.54) is 19.3 Å². The number of hydrogen-bond acceptors (Lipinski definition) is 2. The van der Waals surface area contributed by atoms with Crippen molar-refractivity contribution in [1.29, 1.82) is 0 Å². The lowest BCUT2D eigenvalue weighted by molar-refractivity contribution is 0.100. The van der Waals surface area contributed by atoms with E-state index < -0.39 is 0 Å². The van der Waals surface area contributed by atoms with Gasteiger partial charge >= 0.3 is 0 Å². The molecule has 3 nitrogen and oxygen atoms in total. The van der Waals surface area contributed by atoms with Crippen LogP contribution in [0.1, 0.15) is 43.0 Å². The molecule has 1 amide bonds. The van der Waals surface area contributed by atoms with Crippen LogP contribution in [0.4, 0.5) is 5.69 Å². The van der Waals surface area contributed by atoms with Crippen LogP contribution >= 0.6 is 0 Å². The molecule has 16 heavy (non-hydrogen) atoms. The minimum atomic E-state index is -0.380. The van der Waals surface area contributed by atoms with Gasteiger partial charge in [-0.2, -0.15) is 0 Å². The lowest BCUT2D eigenvalue weighted by Crippen LogP contribution is -2.11. The molecule has 0 aliphatic rings. The first-order valence-electron chi connectivity index (χ1n) is 5.87. The minimum Gasteiger partial charge on any atom is -0.385 e. The van der Waals surface area contributed by atoms with Gasteiger partial charge in [0.2, 0.25) is 5.91 Å². The number of hydrogen-bond donors (Lipinski definition) is 2. The van der Waals surface area contributed by atoms with Crippen LogP contribution in [0.2, 0.25) is 0 Å². The summed E-state index contributed by atoms with van der Waals surface area (Å²) in [6.07, 6.45) is 4.94. The zero-order chi connectivity index (χ0) is 11.8. The Labute approximate surface area is 97.0 Å². The third kappa shape index (κ3) is 4.34. The Morgan fingerprint density at radius 3 is 2.81 bits per heavy atom. The van der Waals surface area contributed by atoms with E-state index in [-0.39, 0.29) is 5.91 Å². The summed E-state index contributed by atoms with van der Waals surface area (Å²) in [5.74, 6) is -0.380. The van der Waals surface area contributed by atoms with E-state index in [2.05, 4.69) is 12.2 Å². The largest absolute Gasteiger partial charge is 0.385 e. The lowest BCUT2D eigenvalue weighted by atomic mass is 10.2. The molecular weight excluding hydrogens is 200 g/mol.